The van der Waals surface area contributed by atoms with Gasteiger partial charge in [0.05, 0.1) is 4.71 Å². The van der Waals surface area contributed by atoms with Gasteiger partial charge in [0.15, 0.2) is 0 Å². The molecule has 0 spiro atoms. The molecule has 1 aliphatic rings. The van der Waals surface area contributed by atoms with Crippen LogP contribution in [0.2, 0.25) is 0 Å². The molecule has 0 aromatic rings. The smallest absolute Gasteiger partial charge is 0.0879 e. The Kier molecular flexibility index (Phi) is 1.90. The van der Waals surface area contributed by atoms with Crippen LogP contribution in [0.25, 0.3) is 0 Å². The fourth-order valence-electron chi connectivity index (χ4n) is 0.397. The zero-order valence-electron chi connectivity index (χ0n) is 3.53. The molecule has 40 valence electrons. The minimum atomic E-state index is 0.187. The summed E-state index contributed by atoms with van der Waals surface area (Å²) < 4.78 is 0.187. The van der Waals surface area contributed by atoms with Gasteiger partial charge >= 0.3 is 0 Å². The van der Waals surface area contributed by atoms with E-state index in [1.807, 2.05) is 5.41 Å². The molecular formula is C4H4Cl2S. The Morgan fingerprint density at radius 3 is 2.71 bits per heavy atom. The van der Waals surface area contributed by atoms with Crippen LogP contribution in [-0.4, -0.2) is 4.71 Å². The topological polar surface area (TPSA) is 0 Å². The largest absolute Gasteiger partial charge is 0.113 e. The van der Waals surface area contributed by atoms with Crippen LogP contribution >= 0.6 is 35.0 Å². The summed E-state index contributed by atoms with van der Waals surface area (Å²) in [7, 11) is 0. The van der Waals surface area contributed by atoms with Crippen molar-refractivity contribution in [2.75, 3.05) is 0 Å². The molecule has 7 heavy (non-hydrogen) atoms. The van der Waals surface area contributed by atoms with Crippen molar-refractivity contribution >= 4 is 35.0 Å². The van der Waals surface area contributed by atoms with Crippen molar-refractivity contribution in [1.29, 1.82) is 0 Å². The lowest BCUT2D eigenvalue weighted by Crippen LogP contribution is -1.79. The van der Waals surface area contributed by atoms with Gasteiger partial charge in [-0.2, -0.15) is 0 Å². The maximum atomic E-state index is 5.63. The van der Waals surface area contributed by atoms with Gasteiger partial charge in [-0.05, 0) is 5.41 Å². The van der Waals surface area contributed by atoms with Gasteiger partial charge in [0, 0.05) is 11.5 Å². The Balaban J connectivity index is 2.42. The zero-order valence-corrected chi connectivity index (χ0v) is 5.85. The minimum Gasteiger partial charge on any atom is -0.113 e. The maximum Gasteiger partial charge on any atom is 0.0879 e. The van der Waals surface area contributed by atoms with Crippen LogP contribution in [0.5, 0.6) is 0 Å². The van der Waals surface area contributed by atoms with Crippen molar-refractivity contribution in [2.24, 2.45) is 0 Å². The highest BCUT2D eigenvalue weighted by Crippen LogP contribution is 2.34. The summed E-state index contributed by atoms with van der Waals surface area (Å²) in [6.07, 6.45) is 0.827. The number of thioether (sulfide) groups is 1. The minimum absolute atomic E-state index is 0.187. The van der Waals surface area contributed by atoms with Crippen molar-refractivity contribution in [2.45, 2.75) is 11.1 Å². The van der Waals surface area contributed by atoms with Crippen LogP contribution in [0.4, 0.5) is 0 Å². The number of allylic oxidation sites excluding steroid dienone is 1. The highest BCUT2D eigenvalue weighted by Gasteiger charge is 2.11. The molecule has 1 atom stereocenters. The first-order chi connectivity index (χ1) is 3.29. The van der Waals surface area contributed by atoms with Gasteiger partial charge in [-0.25, -0.2) is 0 Å². The van der Waals surface area contributed by atoms with Crippen LogP contribution in [-0.2, 0) is 0 Å². The third-order valence-corrected chi connectivity index (χ3v) is 2.44. The van der Waals surface area contributed by atoms with Crippen molar-refractivity contribution in [3.63, 3.8) is 0 Å². The third kappa shape index (κ3) is 1.56. The van der Waals surface area contributed by atoms with Crippen LogP contribution in [0.1, 0.15) is 6.42 Å². The molecule has 0 radical (unpaired) electrons. The monoisotopic (exact) mass is 154 g/mol. The lowest BCUT2D eigenvalue weighted by atomic mass is 10.5. The highest BCUT2D eigenvalue weighted by atomic mass is 35.5. The molecule has 0 fully saturated rings. The Bertz CT molecular complexity index is 99.9. The number of halogens is 2. The fraction of sp³-hybridized carbons (Fsp3) is 0.500. The standard InChI is InChI=1S/C4H4Cl2S/c5-3-1-4(6)7-2-3/h2,4H,1H2. The van der Waals surface area contributed by atoms with Crippen LogP contribution < -0.4 is 0 Å². The van der Waals surface area contributed by atoms with Crippen LogP contribution in [0.3, 0.4) is 0 Å². The van der Waals surface area contributed by atoms with Gasteiger partial charge in [0.1, 0.15) is 0 Å². The maximum absolute atomic E-state index is 5.63. The summed E-state index contributed by atoms with van der Waals surface area (Å²) >= 11 is 12.8. The first kappa shape index (κ1) is 5.80. The Morgan fingerprint density at radius 1 is 1.86 bits per heavy atom. The molecule has 1 rings (SSSR count). The summed E-state index contributed by atoms with van der Waals surface area (Å²) in [5.74, 6) is 0. The van der Waals surface area contributed by atoms with Gasteiger partial charge in [-0.1, -0.05) is 11.6 Å². The molecule has 1 heterocycles. The van der Waals surface area contributed by atoms with E-state index in [9.17, 15) is 0 Å². The average molecular weight is 155 g/mol. The molecule has 1 unspecified atom stereocenters. The van der Waals surface area contributed by atoms with Gasteiger partial charge < -0.3 is 0 Å². The molecule has 0 aromatic carbocycles. The van der Waals surface area contributed by atoms with Gasteiger partial charge in [0.25, 0.3) is 0 Å². The summed E-state index contributed by atoms with van der Waals surface area (Å²) in [5, 5.41) is 2.77. The summed E-state index contributed by atoms with van der Waals surface area (Å²) in [6.45, 7) is 0. The molecule has 1 aliphatic heterocycles. The van der Waals surface area contributed by atoms with Crippen LogP contribution in [0.15, 0.2) is 10.4 Å². The Morgan fingerprint density at radius 2 is 2.57 bits per heavy atom. The van der Waals surface area contributed by atoms with E-state index in [2.05, 4.69) is 0 Å². The second kappa shape index (κ2) is 2.29. The van der Waals surface area contributed by atoms with Gasteiger partial charge in [-0.3, -0.25) is 0 Å². The highest BCUT2D eigenvalue weighted by molar-refractivity contribution is 8.04. The lowest BCUT2D eigenvalue weighted by molar-refractivity contribution is 1.17. The van der Waals surface area contributed by atoms with Gasteiger partial charge in [0.2, 0.25) is 0 Å². The summed E-state index contributed by atoms with van der Waals surface area (Å²) in [4.78, 5) is 0. The molecule has 0 N–H and O–H groups in total. The molecule has 0 nitrogen and oxygen atoms in total. The fourth-order valence-corrected chi connectivity index (χ4v) is 1.86. The predicted octanol–water partition coefficient (Wildman–Crippen LogP) is 2.77. The molecule has 0 bridgehead atoms. The molecule has 0 aliphatic carbocycles. The second-order valence-electron chi connectivity index (χ2n) is 1.31. The zero-order chi connectivity index (χ0) is 5.28. The normalized spacial score (nSPS) is 30.6. The van der Waals surface area contributed by atoms with E-state index in [0.717, 1.165) is 11.5 Å². The first-order valence-electron chi connectivity index (χ1n) is 1.93. The molecule has 0 saturated heterocycles. The number of hydrogen-bond acceptors (Lipinski definition) is 1. The van der Waals surface area contributed by atoms with E-state index < -0.39 is 0 Å². The number of rotatable bonds is 0. The molecule has 0 aromatic heterocycles. The number of hydrogen-bond donors (Lipinski definition) is 0. The Labute approximate surface area is 56.9 Å². The molecular weight excluding hydrogens is 151 g/mol. The van der Waals surface area contributed by atoms with E-state index >= 15 is 0 Å². The van der Waals surface area contributed by atoms with E-state index in [1.54, 1.807) is 11.8 Å². The summed E-state index contributed by atoms with van der Waals surface area (Å²) in [6, 6.07) is 0. The third-order valence-electron chi connectivity index (χ3n) is 0.699. The van der Waals surface area contributed by atoms with E-state index in [1.165, 1.54) is 0 Å². The van der Waals surface area contributed by atoms with E-state index in [4.69, 9.17) is 23.2 Å². The molecule has 3 heteroatoms. The molecule has 0 saturated carbocycles. The van der Waals surface area contributed by atoms with E-state index in [0.29, 0.717) is 0 Å². The Hall–Kier alpha value is 0.670. The van der Waals surface area contributed by atoms with Crippen molar-refractivity contribution in [3.05, 3.63) is 10.4 Å². The molecule has 0 amide bonds. The van der Waals surface area contributed by atoms with Crippen molar-refractivity contribution < 1.29 is 0 Å². The van der Waals surface area contributed by atoms with Gasteiger partial charge in [-0.15, -0.1) is 23.4 Å². The predicted molar refractivity (Wildman–Crippen MR) is 35.8 cm³/mol. The second-order valence-corrected chi connectivity index (χ2v) is 3.66. The number of alkyl halides is 1. The lowest BCUT2D eigenvalue weighted by Gasteiger charge is -1.90. The summed E-state index contributed by atoms with van der Waals surface area (Å²) in [5.41, 5.74) is 0. The van der Waals surface area contributed by atoms with Crippen molar-refractivity contribution in [3.8, 4) is 0 Å². The SMILES string of the molecule is ClC1=CSC(Cl)C1. The van der Waals surface area contributed by atoms with E-state index in [-0.39, 0.29) is 4.71 Å². The first-order valence-corrected chi connectivity index (χ1v) is 3.69. The van der Waals surface area contributed by atoms with Crippen LogP contribution in [0, 0.1) is 0 Å². The van der Waals surface area contributed by atoms with Crippen molar-refractivity contribution in [1.82, 2.24) is 0 Å². The quantitative estimate of drug-likeness (QED) is 0.484. The average Bonchev–Trinajstić information content (AvgIpc) is 1.87.